The Balaban J connectivity index is 1.83. The molecular formula is C14H18ClN3O3. The van der Waals surface area contributed by atoms with Crippen molar-refractivity contribution in [2.24, 2.45) is 4.99 Å². The quantitative estimate of drug-likeness (QED) is 0.890. The van der Waals surface area contributed by atoms with Gasteiger partial charge in [0, 0.05) is 17.7 Å². The van der Waals surface area contributed by atoms with Gasteiger partial charge in [-0.2, -0.15) is 0 Å². The maximum absolute atomic E-state index is 6.14. The number of hydrogen-bond donors (Lipinski definition) is 1. The van der Waals surface area contributed by atoms with Gasteiger partial charge in [-0.05, 0) is 12.1 Å². The molecule has 0 spiro atoms. The number of halogens is 1. The van der Waals surface area contributed by atoms with Crippen molar-refractivity contribution in [1.29, 1.82) is 0 Å². The largest absolute Gasteiger partial charge is 0.382 e. The molecule has 1 aromatic carbocycles. The molecule has 1 aromatic rings. The molecule has 0 aliphatic carbocycles. The zero-order chi connectivity index (χ0) is 14.7. The van der Waals surface area contributed by atoms with Crippen molar-refractivity contribution in [3.63, 3.8) is 0 Å². The minimum Gasteiger partial charge on any atom is -0.382 e. The fraction of sp³-hybridized carbons (Fsp3) is 0.500. The Morgan fingerprint density at radius 2 is 2.29 bits per heavy atom. The van der Waals surface area contributed by atoms with E-state index in [9.17, 15) is 0 Å². The number of methoxy groups -OCH3 is 1. The van der Waals surface area contributed by atoms with Gasteiger partial charge in [-0.3, -0.25) is 10.0 Å². The number of hydrazine groups is 1. The van der Waals surface area contributed by atoms with Crippen molar-refractivity contribution in [3.8, 4) is 0 Å². The van der Waals surface area contributed by atoms with Crippen molar-refractivity contribution >= 4 is 17.9 Å². The summed E-state index contributed by atoms with van der Waals surface area (Å²) in [5.74, 6) is -0.850. The van der Waals surface area contributed by atoms with E-state index < -0.39 is 5.79 Å². The highest BCUT2D eigenvalue weighted by Gasteiger charge is 2.44. The van der Waals surface area contributed by atoms with Crippen LogP contribution in [0.3, 0.4) is 0 Å². The molecule has 2 unspecified atom stereocenters. The third-order valence-corrected chi connectivity index (χ3v) is 3.71. The lowest BCUT2D eigenvalue weighted by Crippen LogP contribution is -2.45. The van der Waals surface area contributed by atoms with Crippen LogP contribution in [0.15, 0.2) is 29.3 Å². The van der Waals surface area contributed by atoms with Crippen LogP contribution in [0, 0.1) is 0 Å². The summed E-state index contributed by atoms with van der Waals surface area (Å²) in [6.07, 6.45) is 1.65. The van der Waals surface area contributed by atoms with Gasteiger partial charge in [-0.15, -0.1) is 0 Å². The fourth-order valence-corrected chi connectivity index (χ4v) is 2.62. The van der Waals surface area contributed by atoms with Gasteiger partial charge in [0.2, 0.25) is 5.79 Å². The fourth-order valence-electron chi connectivity index (χ4n) is 2.50. The first-order valence-corrected chi connectivity index (χ1v) is 7.16. The average molecular weight is 312 g/mol. The van der Waals surface area contributed by atoms with Crippen molar-refractivity contribution in [2.75, 3.05) is 33.5 Å². The molecule has 0 aromatic heterocycles. The molecule has 114 valence electrons. The first kappa shape index (κ1) is 14.7. The van der Waals surface area contributed by atoms with Crippen molar-refractivity contribution < 1.29 is 14.2 Å². The molecule has 0 amide bonds. The highest BCUT2D eigenvalue weighted by atomic mass is 35.5. The van der Waals surface area contributed by atoms with E-state index in [1.54, 1.807) is 13.4 Å². The lowest BCUT2D eigenvalue weighted by molar-refractivity contribution is -0.189. The Bertz CT molecular complexity index is 511. The molecule has 0 bridgehead atoms. The molecule has 7 heteroatoms. The van der Waals surface area contributed by atoms with Crippen LogP contribution in [0.1, 0.15) is 5.56 Å². The lowest BCUT2D eigenvalue weighted by Gasteiger charge is -2.32. The maximum Gasteiger partial charge on any atom is 0.215 e. The van der Waals surface area contributed by atoms with E-state index in [4.69, 9.17) is 25.8 Å². The zero-order valence-corrected chi connectivity index (χ0v) is 12.5. The molecule has 0 saturated carbocycles. The molecule has 1 N–H and O–H groups in total. The van der Waals surface area contributed by atoms with E-state index in [0.717, 1.165) is 5.56 Å². The number of ether oxygens (including phenoxy) is 3. The predicted octanol–water partition coefficient (Wildman–Crippen LogP) is 1.36. The van der Waals surface area contributed by atoms with Crippen LogP contribution >= 0.6 is 11.6 Å². The Morgan fingerprint density at radius 3 is 2.95 bits per heavy atom. The first-order valence-electron chi connectivity index (χ1n) is 6.79. The Morgan fingerprint density at radius 1 is 1.48 bits per heavy atom. The van der Waals surface area contributed by atoms with E-state index in [1.165, 1.54) is 0 Å². The third kappa shape index (κ3) is 3.20. The van der Waals surface area contributed by atoms with Gasteiger partial charge in [0.25, 0.3) is 0 Å². The lowest BCUT2D eigenvalue weighted by atomic mass is 10.1. The van der Waals surface area contributed by atoms with Crippen molar-refractivity contribution in [2.45, 2.75) is 11.9 Å². The molecule has 6 nitrogen and oxygen atoms in total. The highest BCUT2D eigenvalue weighted by Crippen LogP contribution is 2.35. The van der Waals surface area contributed by atoms with Gasteiger partial charge >= 0.3 is 0 Å². The van der Waals surface area contributed by atoms with Crippen LogP contribution in [0.25, 0.3) is 0 Å². The van der Waals surface area contributed by atoms with Gasteiger partial charge in [0.1, 0.15) is 19.1 Å². The van der Waals surface area contributed by atoms with Crippen LogP contribution in [-0.4, -0.2) is 51.0 Å². The molecule has 3 rings (SSSR count). The number of aliphatic imine (C=N–C) groups is 1. The van der Waals surface area contributed by atoms with Crippen LogP contribution in [-0.2, 0) is 20.0 Å². The molecule has 2 aliphatic heterocycles. The molecule has 2 atom stereocenters. The Labute approximate surface area is 128 Å². The molecule has 2 heterocycles. The summed E-state index contributed by atoms with van der Waals surface area (Å²) in [5, 5.41) is 2.55. The van der Waals surface area contributed by atoms with Gasteiger partial charge < -0.3 is 14.2 Å². The predicted molar refractivity (Wildman–Crippen MR) is 79.0 cm³/mol. The number of benzene rings is 1. The van der Waals surface area contributed by atoms with Gasteiger partial charge in [-0.1, -0.05) is 23.7 Å². The topological polar surface area (TPSA) is 55.3 Å². The molecule has 2 aliphatic rings. The standard InChI is InChI=1S/C14H18ClN3O3/c1-19-6-13-7-20-14(21-13,8-18-10-16-9-17-18)11-2-4-12(15)5-3-11/h2-5,10,13,17H,6-9H2,1H3. The van der Waals surface area contributed by atoms with Gasteiger partial charge in [0.15, 0.2) is 0 Å². The van der Waals surface area contributed by atoms with Crippen LogP contribution < -0.4 is 5.43 Å². The summed E-state index contributed by atoms with van der Waals surface area (Å²) in [6, 6.07) is 7.51. The van der Waals surface area contributed by atoms with Gasteiger partial charge in [-0.25, -0.2) is 5.43 Å². The maximum atomic E-state index is 6.14. The molecule has 1 fully saturated rings. The summed E-state index contributed by atoms with van der Waals surface area (Å²) in [6.45, 7) is 2.05. The minimum absolute atomic E-state index is 0.0924. The number of rotatable bonds is 5. The summed E-state index contributed by atoms with van der Waals surface area (Å²) < 4.78 is 17.3. The molecule has 21 heavy (non-hydrogen) atoms. The van der Waals surface area contributed by atoms with Crippen molar-refractivity contribution in [1.82, 2.24) is 10.4 Å². The second kappa shape index (κ2) is 6.29. The smallest absolute Gasteiger partial charge is 0.215 e. The highest BCUT2D eigenvalue weighted by molar-refractivity contribution is 6.30. The summed E-state index contributed by atoms with van der Waals surface area (Å²) in [5.41, 5.74) is 4.05. The number of hydrogen-bond acceptors (Lipinski definition) is 6. The number of nitrogens with one attached hydrogen (secondary N) is 1. The summed E-state index contributed by atoms with van der Waals surface area (Å²) >= 11 is 5.97. The van der Waals surface area contributed by atoms with E-state index in [0.29, 0.717) is 31.4 Å². The van der Waals surface area contributed by atoms with Crippen LogP contribution in [0.2, 0.25) is 5.02 Å². The van der Waals surface area contributed by atoms with Crippen LogP contribution in [0.4, 0.5) is 0 Å². The molecular weight excluding hydrogens is 294 g/mol. The monoisotopic (exact) mass is 311 g/mol. The average Bonchev–Trinajstić information content (AvgIpc) is 3.11. The first-order chi connectivity index (χ1) is 10.2. The Kier molecular flexibility index (Phi) is 4.42. The minimum atomic E-state index is -0.850. The van der Waals surface area contributed by atoms with Gasteiger partial charge in [0.05, 0.1) is 19.8 Å². The van der Waals surface area contributed by atoms with E-state index >= 15 is 0 Å². The zero-order valence-electron chi connectivity index (χ0n) is 11.8. The third-order valence-electron chi connectivity index (χ3n) is 3.46. The molecule has 0 radical (unpaired) electrons. The van der Waals surface area contributed by atoms with E-state index in [-0.39, 0.29) is 6.10 Å². The number of nitrogens with zero attached hydrogens (tertiary/aromatic N) is 2. The van der Waals surface area contributed by atoms with E-state index in [2.05, 4.69) is 10.4 Å². The normalized spacial score (nSPS) is 28.5. The van der Waals surface area contributed by atoms with Crippen molar-refractivity contribution in [3.05, 3.63) is 34.9 Å². The van der Waals surface area contributed by atoms with E-state index in [1.807, 2.05) is 29.3 Å². The Hall–Kier alpha value is -1.18. The molecule has 1 saturated heterocycles. The second-order valence-electron chi connectivity index (χ2n) is 5.01. The van der Waals surface area contributed by atoms with Crippen LogP contribution in [0.5, 0.6) is 0 Å². The summed E-state index contributed by atoms with van der Waals surface area (Å²) in [7, 11) is 1.65. The summed E-state index contributed by atoms with van der Waals surface area (Å²) in [4.78, 5) is 4.13. The SMILES string of the molecule is COCC1COC(CN2C=NCN2)(c2ccc(Cl)cc2)O1. The second-order valence-corrected chi connectivity index (χ2v) is 5.44.